The second kappa shape index (κ2) is 51.9. The highest BCUT2D eigenvalue weighted by Crippen LogP contribution is 2.27. The van der Waals surface area contributed by atoms with Gasteiger partial charge in [-0.05, 0) is 70.6 Å². The van der Waals surface area contributed by atoms with Crippen molar-refractivity contribution in [3.05, 3.63) is 24.3 Å². The predicted molar refractivity (Wildman–Crippen MR) is 303 cm³/mol. The maximum absolute atomic E-state index is 13.1. The molecule has 1 rings (SSSR count). The number of unbranched alkanes of at least 4 members (excludes halogenated alkanes) is 36. The summed E-state index contributed by atoms with van der Waals surface area (Å²) in [5, 5.41) is 31.5. The van der Waals surface area contributed by atoms with E-state index in [0.29, 0.717) is 19.3 Å². The number of aliphatic hydroxyl groups is 2. The summed E-state index contributed by atoms with van der Waals surface area (Å²) in [5.41, 5.74) is 0. The molecule has 0 aromatic heterocycles. The van der Waals surface area contributed by atoms with Gasteiger partial charge in [0.1, 0.15) is 18.8 Å². The van der Waals surface area contributed by atoms with Crippen molar-refractivity contribution in [2.45, 2.75) is 340 Å². The molecular formula is C63H114O12. The normalized spacial score (nSPS) is 18.2. The Kier molecular flexibility index (Phi) is 48.6. The number of ether oxygens (including phenoxy) is 5. The van der Waals surface area contributed by atoms with Crippen LogP contribution >= 0.6 is 0 Å². The lowest BCUT2D eigenvalue weighted by molar-refractivity contribution is -0.301. The summed E-state index contributed by atoms with van der Waals surface area (Å²) in [6, 6.07) is 0. The first-order valence-corrected chi connectivity index (χ1v) is 31.3. The number of esters is 3. The number of aliphatic carboxylic acids is 1. The number of aliphatic hydroxyl groups excluding tert-OH is 2. The van der Waals surface area contributed by atoms with Crippen molar-refractivity contribution in [3.8, 4) is 0 Å². The van der Waals surface area contributed by atoms with Crippen molar-refractivity contribution in [3.63, 3.8) is 0 Å². The Hall–Kier alpha value is -2.80. The lowest BCUT2D eigenvalue weighted by Gasteiger charge is -2.40. The molecule has 0 aromatic carbocycles. The number of hydrogen-bond donors (Lipinski definition) is 3. The van der Waals surface area contributed by atoms with Crippen LogP contribution in [0.1, 0.15) is 303 Å². The molecule has 0 amide bonds. The topological polar surface area (TPSA) is 175 Å². The zero-order valence-corrected chi connectivity index (χ0v) is 48.3. The number of carbonyl (C=O) groups excluding carboxylic acids is 3. The van der Waals surface area contributed by atoms with E-state index in [1.54, 1.807) is 0 Å². The molecule has 1 heterocycles. The first-order chi connectivity index (χ1) is 36.6. The van der Waals surface area contributed by atoms with E-state index in [4.69, 9.17) is 23.7 Å². The molecule has 6 unspecified atom stereocenters. The summed E-state index contributed by atoms with van der Waals surface area (Å²) in [5.74, 6) is -3.10. The molecule has 0 radical (unpaired) electrons. The molecule has 12 nitrogen and oxygen atoms in total. The number of carboxylic acid groups (broad SMARTS) is 1. The summed E-state index contributed by atoms with van der Waals surface area (Å²) < 4.78 is 28.5. The third-order valence-corrected chi connectivity index (χ3v) is 14.5. The van der Waals surface area contributed by atoms with Crippen LogP contribution in [-0.2, 0) is 42.9 Å². The fourth-order valence-corrected chi connectivity index (χ4v) is 9.65. The summed E-state index contributed by atoms with van der Waals surface area (Å²) in [6.07, 6.45) is 47.2. The van der Waals surface area contributed by atoms with Gasteiger partial charge in [-0.3, -0.25) is 14.4 Å². The molecule has 0 spiro atoms. The van der Waals surface area contributed by atoms with E-state index in [9.17, 15) is 34.5 Å². The Morgan fingerprint density at radius 1 is 0.427 bits per heavy atom. The third kappa shape index (κ3) is 41.9. The quantitative estimate of drug-likeness (QED) is 0.0228. The molecule has 75 heavy (non-hydrogen) atoms. The van der Waals surface area contributed by atoms with Crippen LogP contribution in [0.15, 0.2) is 24.3 Å². The van der Waals surface area contributed by atoms with E-state index in [-0.39, 0.29) is 25.9 Å². The third-order valence-electron chi connectivity index (χ3n) is 14.5. The lowest BCUT2D eigenvalue weighted by Crippen LogP contribution is -2.61. The van der Waals surface area contributed by atoms with Crippen molar-refractivity contribution in [2.75, 3.05) is 13.2 Å². The van der Waals surface area contributed by atoms with Crippen LogP contribution in [0, 0.1) is 0 Å². The molecule has 1 saturated heterocycles. The zero-order valence-electron chi connectivity index (χ0n) is 48.3. The zero-order chi connectivity index (χ0) is 54.7. The van der Waals surface area contributed by atoms with Crippen LogP contribution in [0.3, 0.4) is 0 Å². The number of carboxylic acids is 1. The Bertz CT molecular complexity index is 1400. The van der Waals surface area contributed by atoms with E-state index in [0.717, 1.165) is 77.0 Å². The first-order valence-electron chi connectivity index (χ1n) is 31.3. The second-order valence-corrected chi connectivity index (χ2v) is 21.7. The maximum Gasteiger partial charge on any atom is 0.335 e. The molecule has 0 saturated carbocycles. The highest BCUT2D eigenvalue weighted by molar-refractivity contribution is 5.74. The largest absolute Gasteiger partial charge is 0.479 e. The van der Waals surface area contributed by atoms with Gasteiger partial charge in [-0.15, -0.1) is 0 Å². The molecule has 0 bridgehead atoms. The van der Waals surface area contributed by atoms with Crippen molar-refractivity contribution in [1.82, 2.24) is 0 Å². The predicted octanol–water partition coefficient (Wildman–Crippen LogP) is 16.2. The number of carbonyl (C=O) groups is 4. The van der Waals surface area contributed by atoms with Gasteiger partial charge < -0.3 is 39.0 Å². The average Bonchev–Trinajstić information content (AvgIpc) is 3.39. The first kappa shape index (κ1) is 70.2. The average molecular weight is 1060 g/mol. The van der Waals surface area contributed by atoms with Gasteiger partial charge in [-0.1, -0.05) is 238 Å². The Balaban J connectivity index is 2.63. The minimum Gasteiger partial charge on any atom is -0.479 e. The highest BCUT2D eigenvalue weighted by Gasteiger charge is 2.50. The molecule has 3 N–H and O–H groups in total. The second-order valence-electron chi connectivity index (χ2n) is 21.7. The molecule has 12 heteroatoms. The smallest absolute Gasteiger partial charge is 0.335 e. The molecule has 438 valence electrons. The van der Waals surface area contributed by atoms with E-state index >= 15 is 0 Å². The maximum atomic E-state index is 13.1. The van der Waals surface area contributed by atoms with Gasteiger partial charge in [0, 0.05) is 19.3 Å². The van der Waals surface area contributed by atoms with E-state index in [1.165, 1.54) is 167 Å². The van der Waals surface area contributed by atoms with Crippen LogP contribution in [-0.4, -0.2) is 89.2 Å². The fraction of sp³-hybridized carbons (Fsp3) is 0.873. The number of rotatable bonds is 54. The van der Waals surface area contributed by atoms with E-state index in [1.807, 2.05) is 0 Å². The molecule has 6 atom stereocenters. The van der Waals surface area contributed by atoms with Gasteiger partial charge in [0.15, 0.2) is 24.6 Å². The number of hydrogen-bond acceptors (Lipinski definition) is 11. The van der Waals surface area contributed by atoms with Gasteiger partial charge >= 0.3 is 23.9 Å². The van der Waals surface area contributed by atoms with Crippen LogP contribution < -0.4 is 0 Å². The van der Waals surface area contributed by atoms with Crippen LogP contribution in [0.2, 0.25) is 0 Å². The molecule has 1 fully saturated rings. The highest BCUT2D eigenvalue weighted by atomic mass is 16.7. The van der Waals surface area contributed by atoms with Crippen molar-refractivity contribution in [1.29, 1.82) is 0 Å². The molecule has 0 aliphatic carbocycles. The minimum absolute atomic E-state index is 0.0550. The van der Waals surface area contributed by atoms with Crippen LogP contribution in [0.25, 0.3) is 0 Å². The molecule has 1 aliphatic heterocycles. The van der Waals surface area contributed by atoms with Crippen molar-refractivity contribution >= 4 is 23.9 Å². The molecule has 0 aromatic rings. The van der Waals surface area contributed by atoms with E-state index < -0.39 is 67.3 Å². The fourth-order valence-electron chi connectivity index (χ4n) is 9.65. The summed E-state index contributed by atoms with van der Waals surface area (Å²) in [7, 11) is 0. The summed E-state index contributed by atoms with van der Waals surface area (Å²) in [4.78, 5) is 51.1. The lowest BCUT2D eigenvalue weighted by atomic mass is 9.98. The van der Waals surface area contributed by atoms with Gasteiger partial charge in [0.25, 0.3) is 0 Å². The Morgan fingerprint density at radius 3 is 1.13 bits per heavy atom. The van der Waals surface area contributed by atoms with Crippen LogP contribution in [0.4, 0.5) is 0 Å². The molecular weight excluding hydrogens is 949 g/mol. The van der Waals surface area contributed by atoms with Gasteiger partial charge in [-0.2, -0.15) is 0 Å². The monoisotopic (exact) mass is 1060 g/mol. The van der Waals surface area contributed by atoms with Crippen molar-refractivity contribution in [2.24, 2.45) is 0 Å². The van der Waals surface area contributed by atoms with Gasteiger partial charge in [0.2, 0.25) is 0 Å². The number of allylic oxidation sites excluding steroid dienone is 4. The SMILES string of the molecule is CCCCCCCC/C=C\CCCCCCCCCCCC(=O)OCC(COC1OC(C(=O)O)C(O)C(O)C1OC(=O)CCCCCCC/C=C\CCCCCCCC)OC(=O)CCCCCCCCCCCCC. The Morgan fingerprint density at radius 2 is 0.760 bits per heavy atom. The minimum atomic E-state index is -1.90. The summed E-state index contributed by atoms with van der Waals surface area (Å²) in [6.45, 7) is 6.00. The van der Waals surface area contributed by atoms with Crippen molar-refractivity contribution < 1.29 is 58.2 Å². The molecule has 1 aliphatic rings. The Labute approximate surface area is 458 Å². The van der Waals surface area contributed by atoms with Gasteiger partial charge in [-0.25, -0.2) is 4.79 Å². The standard InChI is InChI=1S/C63H114O12/c1-4-7-10-13-16-19-22-24-26-27-28-29-31-32-35-37-40-43-46-49-55(64)71-52-54(73-56(65)50-47-44-41-38-34-21-18-15-12-9-6-3)53-72-63-61(59(68)58(67)60(75-63)62(69)70)74-57(66)51-48-45-42-39-36-33-30-25-23-20-17-14-11-8-5-2/h24-26,30,54,58-61,63,67-68H,4-23,27-29,31-53H2,1-3H3,(H,69,70)/b26-24-,30-25-. The van der Waals surface area contributed by atoms with E-state index in [2.05, 4.69) is 45.1 Å². The summed E-state index contributed by atoms with van der Waals surface area (Å²) >= 11 is 0. The van der Waals surface area contributed by atoms with Crippen LogP contribution in [0.5, 0.6) is 0 Å². The van der Waals surface area contributed by atoms with Gasteiger partial charge in [0.05, 0.1) is 6.61 Å².